The van der Waals surface area contributed by atoms with Crippen LogP contribution in [-0.4, -0.2) is 13.1 Å². The summed E-state index contributed by atoms with van der Waals surface area (Å²) in [6, 6.07) is 8.87. The zero-order valence-corrected chi connectivity index (χ0v) is 15.6. The van der Waals surface area contributed by atoms with E-state index in [1.54, 1.807) is 0 Å². The molecule has 0 bridgehead atoms. The molecule has 0 aliphatic carbocycles. The Balaban J connectivity index is 2.71. The normalized spacial score (nSPS) is 14.1. The summed E-state index contributed by atoms with van der Waals surface area (Å²) in [5.41, 5.74) is 1.47. The lowest BCUT2D eigenvalue weighted by Gasteiger charge is -2.24. The molecule has 0 spiro atoms. The van der Waals surface area contributed by atoms with Crippen molar-refractivity contribution in [3.05, 3.63) is 34.3 Å². The number of hydrogen-bond acceptors (Lipinski definition) is 1. The SMILES string of the molecule is CCCCC(CC)CC(CNCCC)c1cccc(Br)c1. The second-order valence-electron chi connectivity index (χ2n) is 6.11. The maximum atomic E-state index is 3.62. The van der Waals surface area contributed by atoms with Crippen molar-refractivity contribution in [2.45, 2.75) is 65.2 Å². The van der Waals surface area contributed by atoms with Crippen molar-refractivity contribution in [1.29, 1.82) is 0 Å². The van der Waals surface area contributed by atoms with Gasteiger partial charge in [0, 0.05) is 11.0 Å². The predicted molar refractivity (Wildman–Crippen MR) is 98.0 cm³/mol. The van der Waals surface area contributed by atoms with Crippen molar-refractivity contribution in [3.63, 3.8) is 0 Å². The van der Waals surface area contributed by atoms with Crippen LogP contribution >= 0.6 is 15.9 Å². The summed E-state index contributed by atoms with van der Waals surface area (Å²) in [4.78, 5) is 0. The number of unbranched alkanes of at least 4 members (excludes halogenated alkanes) is 1. The maximum Gasteiger partial charge on any atom is 0.0178 e. The molecule has 1 nitrogen and oxygen atoms in total. The molecule has 2 heteroatoms. The van der Waals surface area contributed by atoms with Gasteiger partial charge < -0.3 is 5.32 Å². The van der Waals surface area contributed by atoms with Crippen LogP contribution in [0.1, 0.15) is 70.8 Å². The minimum Gasteiger partial charge on any atom is -0.316 e. The first-order chi connectivity index (χ1) is 10.2. The first kappa shape index (κ1) is 18.7. The zero-order chi connectivity index (χ0) is 15.5. The van der Waals surface area contributed by atoms with Crippen LogP contribution in [0.25, 0.3) is 0 Å². The number of rotatable bonds is 11. The monoisotopic (exact) mass is 353 g/mol. The Bertz CT molecular complexity index is 378. The standard InChI is InChI=1S/C19H32BrN/c1-4-7-9-16(6-3)13-18(15-21-12-5-2)17-10-8-11-19(20)14-17/h8,10-11,14,16,18,21H,4-7,9,12-13,15H2,1-3H3. The van der Waals surface area contributed by atoms with E-state index < -0.39 is 0 Å². The Hall–Kier alpha value is -0.340. The number of benzene rings is 1. The third-order valence-corrected chi connectivity index (χ3v) is 4.79. The van der Waals surface area contributed by atoms with Crippen molar-refractivity contribution in [2.75, 3.05) is 13.1 Å². The van der Waals surface area contributed by atoms with Gasteiger partial charge in [0.1, 0.15) is 0 Å². The van der Waals surface area contributed by atoms with E-state index in [0.717, 1.165) is 19.0 Å². The fourth-order valence-corrected chi connectivity index (χ4v) is 3.35. The van der Waals surface area contributed by atoms with E-state index in [2.05, 4.69) is 66.3 Å². The largest absolute Gasteiger partial charge is 0.316 e. The second-order valence-corrected chi connectivity index (χ2v) is 7.02. The van der Waals surface area contributed by atoms with Crippen LogP contribution < -0.4 is 5.32 Å². The van der Waals surface area contributed by atoms with Gasteiger partial charge in [-0.1, -0.05) is 74.5 Å². The zero-order valence-electron chi connectivity index (χ0n) is 14.0. The fraction of sp³-hybridized carbons (Fsp3) is 0.684. The predicted octanol–water partition coefficient (Wildman–Crippen LogP) is 6.14. The van der Waals surface area contributed by atoms with Crippen molar-refractivity contribution < 1.29 is 0 Å². The first-order valence-electron chi connectivity index (χ1n) is 8.67. The third kappa shape index (κ3) is 7.46. The first-order valence-corrected chi connectivity index (χ1v) is 9.46. The Morgan fingerprint density at radius 2 is 1.95 bits per heavy atom. The minimum atomic E-state index is 0.635. The van der Waals surface area contributed by atoms with Gasteiger partial charge in [0.05, 0.1) is 0 Å². The van der Waals surface area contributed by atoms with E-state index >= 15 is 0 Å². The molecule has 0 saturated carbocycles. The smallest absolute Gasteiger partial charge is 0.0178 e. The maximum absolute atomic E-state index is 3.62. The summed E-state index contributed by atoms with van der Waals surface area (Å²) in [6.45, 7) is 9.10. The van der Waals surface area contributed by atoms with Gasteiger partial charge in [-0.05, 0) is 48.9 Å². The molecule has 21 heavy (non-hydrogen) atoms. The van der Waals surface area contributed by atoms with Crippen molar-refractivity contribution in [1.82, 2.24) is 5.32 Å². The highest BCUT2D eigenvalue weighted by Gasteiger charge is 2.17. The van der Waals surface area contributed by atoms with Gasteiger partial charge in [0.15, 0.2) is 0 Å². The van der Waals surface area contributed by atoms with Crippen LogP contribution in [0.3, 0.4) is 0 Å². The van der Waals surface area contributed by atoms with Gasteiger partial charge in [-0.2, -0.15) is 0 Å². The van der Waals surface area contributed by atoms with Crippen molar-refractivity contribution in [3.8, 4) is 0 Å². The molecule has 1 rings (SSSR count). The number of nitrogens with one attached hydrogen (secondary N) is 1. The topological polar surface area (TPSA) is 12.0 Å². The molecule has 0 aromatic heterocycles. The third-order valence-electron chi connectivity index (χ3n) is 4.30. The highest BCUT2D eigenvalue weighted by atomic mass is 79.9. The summed E-state index contributed by atoms with van der Waals surface area (Å²) in [5.74, 6) is 1.49. The lowest BCUT2D eigenvalue weighted by Crippen LogP contribution is -2.24. The quantitative estimate of drug-likeness (QED) is 0.471. The van der Waals surface area contributed by atoms with E-state index in [-0.39, 0.29) is 0 Å². The molecule has 0 heterocycles. The van der Waals surface area contributed by atoms with E-state index in [1.165, 1.54) is 48.6 Å². The molecule has 0 fully saturated rings. The lowest BCUT2D eigenvalue weighted by atomic mass is 9.85. The van der Waals surface area contributed by atoms with Gasteiger partial charge in [0.25, 0.3) is 0 Å². The molecule has 0 aliphatic rings. The van der Waals surface area contributed by atoms with Crippen LogP contribution in [0.2, 0.25) is 0 Å². The number of hydrogen-bond donors (Lipinski definition) is 1. The molecular weight excluding hydrogens is 322 g/mol. The van der Waals surface area contributed by atoms with E-state index in [4.69, 9.17) is 0 Å². The Morgan fingerprint density at radius 1 is 1.14 bits per heavy atom. The number of halogens is 1. The van der Waals surface area contributed by atoms with E-state index in [9.17, 15) is 0 Å². The molecule has 0 aliphatic heterocycles. The summed E-state index contributed by atoms with van der Waals surface area (Å²) >= 11 is 3.62. The summed E-state index contributed by atoms with van der Waals surface area (Å²) in [6.07, 6.45) is 7.88. The molecule has 0 saturated heterocycles. The molecule has 0 amide bonds. The van der Waals surface area contributed by atoms with Gasteiger partial charge in [-0.15, -0.1) is 0 Å². The molecule has 2 unspecified atom stereocenters. The summed E-state index contributed by atoms with van der Waals surface area (Å²) in [5, 5.41) is 3.62. The Kier molecular flexibility index (Phi) is 10.0. The molecule has 2 atom stereocenters. The lowest BCUT2D eigenvalue weighted by molar-refractivity contribution is 0.376. The van der Waals surface area contributed by atoms with Crippen molar-refractivity contribution in [2.24, 2.45) is 5.92 Å². The van der Waals surface area contributed by atoms with Crippen LogP contribution in [0, 0.1) is 5.92 Å². The van der Waals surface area contributed by atoms with E-state index in [1.807, 2.05) is 0 Å². The van der Waals surface area contributed by atoms with Gasteiger partial charge in [0.2, 0.25) is 0 Å². The van der Waals surface area contributed by atoms with Crippen LogP contribution in [0.4, 0.5) is 0 Å². The average molecular weight is 354 g/mol. The van der Waals surface area contributed by atoms with Crippen LogP contribution in [0.15, 0.2) is 28.7 Å². The molecule has 120 valence electrons. The highest BCUT2D eigenvalue weighted by Crippen LogP contribution is 2.29. The molecule has 1 aromatic carbocycles. The van der Waals surface area contributed by atoms with Crippen LogP contribution in [0.5, 0.6) is 0 Å². The molecule has 1 N–H and O–H groups in total. The Morgan fingerprint density at radius 3 is 2.57 bits per heavy atom. The molecule has 1 aromatic rings. The molecule has 0 radical (unpaired) electrons. The molecular formula is C19H32BrN. The van der Waals surface area contributed by atoms with Crippen molar-refractivity contribution >= 4 is 15.9 Å². The highest BCUT2D eigenvalue weighted by molar-refractivity contribution is 9.10. The second kappa shape index (κ2) is 11.3. The van der Waals surface area contributed by atoms with E-state index in [0.29, 0.717) is 5.92 Å². The summed E-state index contributed by atoms with van der Waals surface area (Å²) in [7, 11) is 0. The van der Waals surface area contributed by atoms with Crippen LogP contribution in [-0.2, 0) is 0 Å². The Labute approximate surface area is 140 Å². The van der Waals surface area contributed by atoms with Gasteiger partial charge in [-0.3, -0.25) is 0 Å². The summed E-state index contributed by atoms with van der Waals surface area (Å²) < 4.78 is 1.20. The van der Waals surface area contributed by atoms with Gasteiger partial charge >= 0.3 is 0 Å². The average Bonchev–Trinajstić information content (AvgIpc) is 2.50. The minimum absolute atomic E-state index is 0.635. The fourth-order valence-electron chi connectivity index (χ4n) is 2.93. The van der Waals surface area contributed by atoms with Gasteiger partial charge in [-0.25, -0.2) is 0 Å².